The smallest absolute Gasteiger partial charge is 0.408 e. The van der Waals surface area contributed by atoms with Crippen LogP contribution in [0.1, 0.15) is 49.5 Å². The zero-order valence-electron chi connectivity index (χ0n) is 15.1. The fraction of sp³-hybridized carbons (Fsp3) is 0.526. The lowest BCUT2D eigenvalue weighted by Gasteiger charge is -2.26. The molecule has 6 heteroatoms. The summed E-state index contributed by atoms with van der Waals surface area (Å²) >= 11 is 0. The van der Waals surface area contributed by atoms with Crippen LogP contribution in [-0.4, -0.2) is 47.9 Å². The lowest BCUT2D eigenvalue weighted by molar-refractivity contribution is -0.132. The number of nitrogens with zero attached hydrogens (tertiary/aromatic N) is 1. The summed E-state index contributed by atoms with van der Waals surface area (Å²) in [6, 6.07) is 6.31. The topological polar surface area (TPSA) is 75.7 Å². The molecule has 1 N–H and O–H groups in total. The second-order valence-corrected chi connectivity index (χ2v) is 7.29. The Balaban J connectivity index is 2.10. The van der Waals surface area contributed by atoms with Crippen molar-refractivity contribution in [3.05, 3.63) is 35.4 Å². The summed E-state index contributed by atoms with van der Waals surface area (Å²) in [5.41, 5.74) is 0.821. The van der Waals surface area contributed by atoms with E-state index in [1.807, 2.05) is 0 Å². The molecule has 0 radical (unpaired) electrons. The number of amides is 2. The summed E-state index contributed by atoms with van der Waals surface area (Å²) < 4.78 is 5.29. The van der Waals surface area contributed by atoms with Crippen LogP contribution in [0, 0.1) is 0 Å². The van der Waals surface area contributed by atoms with Gasteiger partial charge in [-0.2, -0.15) is 0 Å². The van der Waals surface area contributed by atoms with E-state index in [9.17, 15) is 14.4 Å². The van der Waals surface area contributed by atoms with Crippen LogP contribution < -0.4 is 5.32 Å². The lowest BCUT2D eigenvalue weighted by atomic mass is 10.0. The number of hydrogen-bond acceptors (Lipinski definition) is 4. The first-order valence-electron chi connectivity index (χ1n) is 8.61. The molecule has 136 valence electrons. The van der Waals surface area contributed by atoms with Crippen LogP contribution in [0.25, 0.3) is 0 Å². The minimum absolute atomic E-state index is 0.0946. The Kier molecular flexibility index (Phi) is 6.17. The molecule has 0 bridgehead atoms. The predicted octanol–water partition coefficient (Wildman–Crippen LogP) is 2.56. The van der Waals surface area contributed by atoms with Crippen LogP contribution in [-0.2, 0) is 16.0 Å². The molecule has 0 aromatic heterocycles. The van der Waals surface area contributed by atoms with Crippen molar-refractivity contribution in [1.29, 1.82) is 0 Å². The van der Waals surface area contributed by atoms with Gasteiger partial charge in [0.05, 0.1) is 0 Å². The van der Waals surface area contributed by atoms with E-state index in [-0.39, 0.29) is 5.91 Å². The van der Waals surface area contributed by atoms with E-state index in [4.69, 9.17) is 4.74 Å². The highest BCUT2D eigenvalue weighted by Gasteiger charge is 2.29. The molecule has 6 nitrogen and oxygen atoms in total. The number of rotatable bonds is 5. The van der Waals surface area contributed by atoms with Gasteiger partial charge in [-0.3, -0.25) is 9.59 Å². The number of nitrogens with one attached hydrogen (secondary N) is 1. The van der Waals surface area contributed by atoms with Gasteiger partial charge in [-0.05, 0) is 39.2 Å². The van der Waals surface area contributed by atoms with Crippen LogP contribution in [0.3, 0.4) is 0 Å². The molecule has 2 amide bonds. The first kappa shape index (κ1) is 19.0. The van der Waals surface area contributed by atoms with Crippen LogP contribution in [0.2, 0.25) is 0 Å². The van der Waals surface area contributed by atoms with Gasteiger partial charge in [0.25, 0.3) is 0 Å². The molecule has 0 aliphatic carbocycles. The highest BCUT2D eigenvalue weighted by Crippen LogP contribution is 2.14. The fourth-order valence-corrected chi connectivity index (χ4v) is 2.78. The van der Waals surface area contributed by atoms with Gasteiger partial charge in [-0.1, -0.05) is 24.3 Å². The molecular formula is C19H26N2O4. The average molecular weight is 346 g/mol. The molecule has 0 spiro atoms. The maximum Gasteiger partial charge on any atom is 0.408 e. The normalized spacial score (nSPS) is 15.6. The first-order chi connectivity index (χ1) is 11.8. The monoisotopic (exact) mass is 346 g/mol. The Morgan fingerprint density at radius 2 is 1.80 bits per heavy atom. The minimum atomic E-state index is -0.685. The Bertz CT molecular complexity index is 613. The van der Waals surface area contributed by atoms with Crippen molar-refractivity contribution in [2.24, 2.45) is 0 Å². The Hall–Kier alpha value is -2.37. The van der Waals surface area contributed by atoms with Crippen LogP contribution in [0.4, 0.5) is 4.79 Å². The van der Waals surface area contributed by atoms with Gasteiger partial charge < -0.3 is 15.0 Å². The second-order valence-electron chi connectivity index (χ2n) is 7.29. The summed E-state index contributed by atoms with van der Waals surface area (Å²) in [7, 11) is 0. The molecule has 1 heterocycles. The van der Waals surface area contributed by atoms with Crippen LogP contribution >= 0.6 is 0 Å². The molecule has 2 rings (SSSR count). The summed E-state index contributed by atoms with van der Waals surface area (Å²) in [5, 5.41) is 2.71. The maximum absolute atomic E-state index is 12.8. The summed E-state index contributed by atoms with van der Waals surface area (Å²) in [6.45, 7) is 6.77. The molecule has 1 unspecified atom stereocenters. The largest absolute Gasteiger partial charge is 0.444 e. The maximum atomic E-state index is 12.8. The van der Waals surface area contributed by atoms with Gasteiger partial charge >= 0.3 is 6.09 Å². The quantitative estimate of drug-likeness (QED) is 0.832. The zero-order chi connectivity index (χ0) is 18.4. The standard InChI is InChI=1S/C19H26N2O4/c1-19(2,3)25-18(24)20-16(17(23)21-10-4-5-11-21)12-14-6-8-15(13-22)9-7-14/h6-9,13,16H,4-5,10-12H2,1-3H3,(H,20,24). The molecule has 25 heavy (non-hydrogen) atoms. The number of ether oxygens (including phenoxy) is 1. The molecular weight excluding hydrogens is 320 g/mol. The molecule has 1 fully saturated rings. The van der Waals surface area contributed by atoms with Crippen molar-refractivity contribution in [2.45, 2.75) is 51.7 Å². The van der Waals surface area contributed by atoms with Crippen molar-refractivity contribution in [3.63, 3.8) is 0 Å². The SMILES string of the molecule is CC(C)(C)OC(=O)NC(Cc1ccc(C=O)cc1)C(=O)N1CCCC1. The molecule has 1 aliphatic rings. The Morgan fingerprint density at radius 1 is 1.20 bits per heavy atom. The predicted molar refractivity (Wildman–Crippen MR) is 94.5 cm³/mol. The third-order valence-electron chi connectivity index (χ3n) is 3.96. The number of benzene rings is 1. The second kappa shape index (κ2) is 8.14. The van der Waals surface area contributed by atoms with Crippen molar-refractivity contribution in [1.82, 2.24) is 10.2 Å². The van der Waals surface area contributed by atoms with Gasteiger partial charge in [-0.15, -0.1) is 0 Å². The van der Waals surface area contributed by atoms with Crippen LogP contribution in [0.5, 0.6) is 0 Å². The highest BCUT2D eigenvalue weighted by atomic mass is 16.6. The van der Waals surface area contributed by atoms with Gasteiger partial charge in [0.2, 0.25) is 5.91 Å². The van der Waals surface area contributed by atoms with E-state index in [1.165, 1.54) is 0 Å². The number of aldehydes is 1. The highest BCUT2D eigenvalue weighted by molar-refractivity contribution is 5.86. The minimum Gasteiger partial charge on any atom is -0.444 e. The zero-order valence-corrected chi connectivity index (χ0v) is 15.1. The summed E-state index contributed by atoms with van der Waals surface area (Å²) in [6.07, 6.45) is 2.50. The third-order valence-corrected chi connectivity index (χ3v) is 3.96. The molecule has 0 saturated carbocycles. The fourth-order valence-electron chi connectivity index (χ4n) is 2.78. The van der Waals surface area contributed by atoms with Crippen molar-refractivity contribution < 1.29 is 19.1 Å². The van der Waals surface area contributed by atoms with Crippen molar-refractivity contribution in [3.8, 4) is 0 Å². The Morgan fingerprint density at radius 3 is 2.32 bits per heavy atom. The average Bonchev–Trinajstić information content (AvgIpc) is 3.07. The van der Waals surface area contributed by atoms with E-state index in [1.54, 1.807) is 49.9 Å². The van der Waals surface area contributed by atoms with E-state index in [0.717, 1.165) is 37.8 Å². The van der Waals surface area contributed by atoms with E-state index >= 15 is 0 Å². The summed E-state index contributed by atoms with van der Waals surface area (Å²) in [4.78, 5) is 37.4. The lowest BCUT2D eigenvalue weighted by Crippen LogP contribution is -2.50. The number of hydrogen-bond donors (Lipinski definition) is 1. The Labute approximate surface area is 148 Å². The molecule has 1 aromatic carbocycles. The molecule has 1 aliphatic heterocycles. The summed E-state index contributed by atoms with van der Waals surface area (Å²) in [5.74, 6) is -0.0946. The van der Waals surface area contributed by atoms with Gasteiger partial charge in [0.1, 0.15) is 17.9 Å². The number of carbonyl (C=O) groups is 3. The third kappa shape index (κ3) is 5.89. The number of likely N-dealkylation sites (tertiary alicyclic amines) is 1. The number of alkyl carbamates (subject to hydrolysis) is 1. The molecule has 1 saturated heterocycles. The van der Waals surface area contributed by atoms with Gasteiger partial charge in [-0.25, -0.2) is 4.79 Å². The van der Waals surface area contributed by atoms with E-state index < -0.39 is 17.7 Å². The first-order valence-corrected chi connectivity index (χ1v) is 8.61. The van der Waals surface area contributed by atoms with Crippen molar-refractivity contribution in [2.75, 3.05) is 13.1 Å². The van der Waals surface area contributed by atoms with Crippen LogP contribution in [0.15, 0.2) is 24.3 Å². The van der Waals surface area contributed by atoms with E-state index in [0.29, 0.717) is 12.0 Å². The van der Waals surface area contributed by atoms with E-state index in [2.05, 4.69) is 5.32 Å². The molecule has 1 atom stereocenters. The molecule has 1 aromatic rings. The van der Waals surface area contributed by atoms with Gasteiger partial charge in [0, 0.05) is 25.1 Å². The number of carbonyl (C=O) groups excluding carboxylic acids is 3. The van der Waals surface area contributed by atoms with Crippen molar-refractivity contribution >= 4 is 18.3 Å². The van der Waals surface area contributed by atoms with Gasteiger partial charge in [0.15, 0.2) is 0 Å².